The van der Waals surface area contributed by atoms with Crippen LogP contribution in [-0.4, -0.2) is 25.7 Å². The van der Waals surface area contributed by atoms with E-state index in [4.69, 9.17) is 21.7 Å². The van der Waals surface area contributed by atoms with E-state index in [1.54, 1.807) is 18.3 Å². The van der Waals surface area contributed by atoms with Crippen molar-refractivity contribution >= 4 is 34.4 Å². The fraction of sp³-hybridized carbons (Fsp3) is 0.280. The lowest BCUT2D eigenvalue weighted by atomic mass is 10.1. The van der Waals surface area contributed by atoms with Gasteiger partial charge in [-0.15, -0.1) is 0 Å². The monoisotopic (exact) mass is 447 g/mol. The molecule has 0 fully saturated rings. The van der Waals surface area contributed by atoms with Crippen LogP contribution in [0.4, 0.5) is 5.82 Å². The van der Waals surface area contributed by atoms with E-state index in [9.17, 15) is 4.79 Å². The van der Waals surface area contributed by atoms with Crippen LogP contribution in [0.15, 0.2) is 60.9 Å². The number of nitrogens with one attached hydrogen (secondary N) is 1. The van der Waals surface area contributed by atoms with Gasteiger partial charge in [-0.1, -0.05) is 74.5 Å². The van der Waals surface area contributed by atoms with Crippen LogP contribution >= 0.6 is 11.6 Å². The molecule has 0 spiro atoms. The Morgan fingerprint density at radius 2 is 1.88 bits per heavy atom. The van der Waals surface area contributed by atoms with Gasteiger partial charge in [0.05, 0.1) is 21.7 Å². The molecule has 7 heteroatoms. The average molecular weight is 448 g/mol. The van der Waals surface area contributed by atoms with Crippen molar-refractivity contribution in [3.8, 4) is 11.3 Å². The highest BCUT2D eigenvalue weighted by Gasteiger charge is 2.18. The van der Waals surface area contributed by atoms with Crippen LogP contribution in [0.25, 0.3) is 22.3 Å². The topological polar surface area (TPSA) is 72.7 Å². The summed E-state index contributed by atoms with van der Waals surface area (Å²) in [6.07, 6.45) is 8.93. The van der Waals surface area contributed by atoms with Gasteiger partial charge < -0.3 is 5.32 Å². The number of nitrogens with zero attached hydrogens (tertiary/aromatic N) is 4. The summed E-state index contributed by atoms with van der Waals surface area (Å²) in [5.74, 6) is 0.187. The molecule has 4 aromatic rings. The molecule has 0 aliphatic rings. The van der Waals surface area contributed by atoms with Crippen molar-refractivity contribution in [3.63, 3.8) is 0 Å². The number of aromatic nitrogens is 4. The van der Waals surface area contributed by atoms with Crippen molar-refractivity contribution in [1.29, 1.82) is 0 Å². The van der Waals surface area contributed by atoms with Crippen LogP contribution in [0.5, 0.6) is 0 Å². The molecular formula is C25H26ClN5O. The molecule has 0 saturated carbocycles. The number of amides is 1. The largest absolute Gasteiger partial charge is 0.304 e. The predicted molar refractivity (Wildman–Crippen MR) is 129 cm³/mol. The third-order valence-corrected chi connectivity index (χ3v) is 5.64. The molecule has 164 valence electrons. The van der Waals surface area contributed by atoms with Crippen LogP contribution in [-0.2, 0) is 6.54 Å². The standard InChI is InChI=1S/C25H26ClN5O/c1-2-3-4-5-9-15-31-24-20(16-21(26)22(28-24)18-11-7-6-8-12-18)23(30-31)29-25(32)19-13-10-14-27-17-19/h6-8,10-14,16-17H,2-5,9,15H2,1H3,(H,29,30,32). The molecule has 1 N–H and O–H groups in total. The summed E-state index contributed by atoms with van der Waals surface area (Å²) < 4.78 is 1.88. The fourth-order valence-corrected chi connectivity index (χ4v) is 3.92. The molecule has 0 radical (unpaired) electrons. The Hall–Kier alpha value is -3.25. The zero-order chi connectivity index (χ0) is 22.3. The average Bonchev–Trinajstić information content (AvgIpc) is 3.15. The number of hydrogen-bond acceptors (Lipinski definition) is 4. The van der Waals surface area contributed by atoms with E-state index < -0.39 is 0 Å². The summed E-state index contributed by atoms with van der Waals surface area (Å²) in [6, 6.07) is 15.1. The Balaban J connectivity index is 1.69. The maximum Gasteiger partial charge on any atom is 0.258 e. The second kappa shape index (κ2) is 10.4. The highest BCUT2D eigenvalue weighted by molar-refractivity contribution is 6.34. The summed E-state index contributed by atoms with van der Waals surface area (Å²) in [5.41, 5.74) is 2.83. The third kappa shape index (κ3) is 4.97. The summed E-state index contributed by atoms with van der Waals surface area (Å²) in [5, 5.41) is 8.84. The number of unbranched alkanes of at least 4 members (excludes halogenated alkanes) is 4. The summed E-state index contributed by atoms with van der Waals surface area (Å²) in [7, 11) is 0. The van der Waals surface area contributed by atoms with Crippen molar-refractivity contribution in [2.45, 2.75) is 45.6 Å². The zero-order valence-electron chi connectivity index (χ0n) is 18.1. The molecule has 3 aromatic heterocycles. The van der Waals surface area contributed by atoms with Gasteiger partial charge in [0.1, 0.15) is 0 Å². The molecule has 0 unspecified atom stereocenters. The van der Waals surface area contributed by atoms with Crippen LogP contribution in [0, 0.1) is 0 Å². The maximum absolute atomic E-state index is 12.7. The van der Waals surface area contributed by atoms with E-state index in [1.807, 2.05) is 41.1 Å². The highest BCUT2D eigenvalue weighted by Crippen LogP contribution is 2.32. The van der Waals surface area contributed by atoms with Crippen LogP contribution in [0.2, 0.25) is 5.02 Å². The van der Waals surface area contributed by atoms with Crippen LogP contribution in [0.3, 0.4) is 0 Å². The smallest absolute Gasteiger partial charge is 0.258 e. The number of fused-ring (bicyclic) bond motifs is 1. The summed E-state index contributed by atoms with van der Waals surface area (Å²) in [6.45, 7) is 2.93. The number of aryl methyl sites for hydroxylation is 1. The van der Waals surface area contributed by atoms with E-state index in [0.29, 0.717) is 27.7 Å². The molecule has 0 bridgehead atoms. The zero-order valence-corrected chi connectivity index (χ0v) is 18.8. The second-order valence-corrected chi connectivity index (χ2v) is 8.14. The Bertz CT molecular complexity index is 1190. The van der Waals surface area contributed by atoms with E-state index in [2.05, 4.69) is 17.2 Å². The molecule has 0 saturated heterocycles. The third-order valence-electron chi connectivity index (χ3n) is 5.35. The van der Waals surface area contributed by atoms with Crippen molar-refractivity contribution in [1.82, 2.24) is 19.7 Å². The van der Waals surface area contributed by atoms with Gasteiger partial charge in [0.2, 0.25) is 0 Å². The van der Waals surface area contributed by atoms with E-state index in [1.165, 1.54) is 25.5 Å². The Morgan fingerprint density at radius 1 is 1.06 bits per heavy atom. The predicted octanol–water partition coefficient (Wildman–Crippen LogP) is 6.37. The Labute approximate surface area is 192 Å². The number of carbonyl (C=O) groups excluding carboxylic acids is 1. The molecule has 1 aromatic carbocycles. The molecule has 0 atom stereocenters. The van der Waals surface area contributed by atoms with Crippen molar-refractivity contribution in [2.24, 2.45) is 0 Å². The van der Waals surface area contributed by atoms with Gasteiger partial charge in [0, 0.05) is 24.5 Å². The lowest BCUT2D eigenvalue weighted by molar-refractivity contribution is 0.102. The lowest BCUT2D eigenvalue weighted by Gasteiger charge is -2.07. The normalized spacial score (nSPS) is 11.1. The van der Waals surface area contributed by atoms with Gasteiger partial charge in [-0.2, -0.15) is 5.10 Å². The van der Waals surface area contributed by atoms with Crippen LogP contribution in [0.1, 0.15) is 49.4 Å². The van der Waals surface area contributed by atoms with Gasteiger partial charge >= 0.3 is 0 Å². The van der Waals surface area contributed by atoms with Crippen LogP contribution < -0.4 is 5.32 Å². The number of halogens is 1. The highest BCUT2D eigenvalue weighted by atomic mass is 35.5. The molecule has 32 heavy (non-hydrogen) atoms. The van der Waals surface area contributed by atoms with Gasteiger partial charge in [0.25, 0.3) is 5.91 Å². The first-order valence-corrected chi connectivity index (χ1v) is 11.4. The molecule has 0 aliphatic heterocycles. The van der Waals surface area contributed by atoms with E-state index in [0.717, 1.165) is 30.3 Å². The number of carbonyl (C=O) groups is 1. The second-order valence-electron chi connectivity index (χ2n) is 7.74. The van der Waals surface area contributed by atoms with Gasteiger partial charge in [-0.3, -0.25) is 9.78 Å². The van der Waals surface area contributed by atoms with Gasteiger partial charge in [-0.05, 0) is 24.6 Å². The SMILES string of the molecule is CCCCCCCn1nc(NC(=O)c2cccnc2)c2cc(Cl)c(-c3ccccc3)nc21. The summed E-state index contributed by atoms with van der Waals surface area (Å²) in [4.78, 5) is 21.6. The number of hydrogen-bond donors (Lipinski definition) is 1. The number of benzene rings is 1. The number of rotatable bonds is 9. The molecule has 0 aliphatic carbocycles. The first-order valence-electron chi connectivity index (χ1n) is 11.0. The Morgan fingerprint density at radius 3 is 2.62 bits per heavy atom. The lowest BCUT2D eigenvalue weighted by Crippen LogP contribution is -2.13. The molecule has 3 heterocycles. The number of anilines is 1. The Kier molecular flexibility index (Phi) is 7.12. The first-order chi connectivity index (χ1) is 15.7. The van der Waals surface area contributed by atoms with Crippen molar-refractivity contribution < 1.29 is 4.79 Å². The molecule has 6 nitrogen and oxygen atoms in total. The summed E-state index contributed by atoms with van der Waals surface area (Å²) >= 11 is 6.61. The minimum absolute atomic E-state index is 0.268. The number of pyridine rings is 2. The maximum atomic E-state index is 12.7. The fourth-order valence-electron chi connectivity index (χ4n) is 3.66. The van der Waals surface area contributed by atoms with E-state index >= 15 is 0 Å². The van der Waals surface area contributed by atoms with E-state index in [-0.39, 0.29) is 5.91 Å². The first kappa shape index (κ1) is 22.0. The van der Waals surface area contributed by atoms with Gasteiger partial charge in [0.15, 0.2) is 11.5 Å². The minimum atomic E-state index is -0.268. The van der Waals surface area contributed by atoms with Crippen molar-refractivity contribution in [3.05, 3.63) is 71.5 Å². The molecule has 1 amide bonds. The van der Waals surface area contributed by atoms with Crippen molar-refractivity contribution in [2.75, 3.05) is 5.32 Å². The molecular weight excluding hydrogens is 422 g/mol. The molecule has 4 rings (SSSR count). The minimum Gasteiger partial charge on any atom is -0.304 e. The quantitative estimate of drug-likeness (QED) is 0.302. The van der Waals surface area contributed by atoms with Gasteiger partial charge in [-0.25, -0.2) is 9.67 Å².